The van der Waals surface area contributed by atoms with Crippen molar-refractivity contribution >= 4 is 0 Å². The lowest BCUT2D eigenvalue weighted by atomic mass is 9.79. The third-order valence-electron chi connectivity index (χ3n) is 4.87. The summed E-state index contributed by atoms with van der Waals surface area (Å²) >= 11 is 0. The first-order valence-electron chi connectivity index (χ1n) is 8.02. The fraction of sp³-hybridized carbons (Fsp3) is 0.938. The molecule has 1 saturated carbocycles. The molecule has 2 aliphatic rings. The van der Waals surface area contributed by atoms with Crippen molar-refractivity contribution in [2.24, 2.45) is 0 Å². The van der Waals surface area contributed by atoms with Crippen molar-refractivity contribution < 1.29 is 9.47 Å². The van der Waals surface area contributed by atoms with Crippen LogP contribution in [0.15, 0.2) is 0 Å². The molecule has 4 atom stereocenters. The molecule has 0 amide bonds. The average Bonchev–Trinajstić information content (AvgIpc) is 2.90. The summed E-state index contributed by atoms with van der Waals surface area (Å²) in [6.07, 6.45) is 4.40. The van der Waals surface area contributed by atoms with Gasteiger partial charge in [0.1, 0.15) is 5.54 Å². The number of ether oxygens (including phenoxy) is 2. The number of hydrogen-bond acceptors (Lipinski definition) is 5. The molecule has 5 nitrogen and oxygen atoms in total. The van der Waals surface area contributed by atoms with E-state index in [1.54, 1.807) is 14.2 Å². The number of likely N-dealkylation sites (tertiary alicyclic amines) is 1. The monoisotopic (exact) mass is 295 g/mol. The van der Waals surface area contributed by atoms with E-state index in [2.05, 4.69) is 30.1 Å². The van der Waals surface area contributed by atoms with Crippen LogP contribution in [0.2, 0.25) is 0 Å². The van der Waals surface area contributed by atoms with Crippen LogP contribution in [0, 0.1) is 11.3 Å². The highest BCUT2D eigenvalue weighted by Crippen LogP contribution is 2.33. The summed E-state index contributed by atoms with van der Waals surface area (Å²) in [6, 6.07) is 3.33. The molecule has 0 bridgehead atoms. The van der Waals surface area contributed by atoms with Crippen molar-refractivity contribution in [3.8, 4) is 6.07 Å². The maximum absolute atomic E-state index is 9.67. The summed E-state index contributed by atoms with van der Waals surface area (Å²) in [5, 5.41) is 13.2. The molecule has 120 valence electrons. The molecule has 0 aromatic rings. The summed E-state index contributed by atoms with van der Waals surface area (Å²) in [6.45, 7) is 6.03. The minimum Gasteiger partial charge on any atom is -0.377 e. The van der Waals surface area contributed by atoms with Crippen LogP contribution in [-0.4, -0.2) is 62.0 Å². The van der Waals surface area contributed by atoms with Crippen LogP contribution < -0.4 is 5.32 Å². The Kier molecular flexibility index (Phi) is 5.61. The SMILES string of the molecule is COC1CN(C2CCCC(C#N)(NC(C)C)C2)CC1OC. The number of methoxy groups -OCH3 is 2. The van der Waals surface area contributed by atoms with E-state index in [-0.39, 0.29) is 17.7 Å². The van der Waals surface area contributed by atoms with Crippen molar-refractivity contribution in [2.75, 3.05) is 27.3 Å². The van der Waals surface area contributed by atoms with E-state index in [1.165, 1.54) is 0 Å². The van der Waals surface area contributed by atoms with E-state index in [4.69, 9.17) is 9.47 Å². The van der Waals surface area contributed by atoms with Crippen molar-refractivity contribution in [2.45, 2.75) is 69.4 Å². The Bertz CT molecular complexity index is 370. The van der Waals surface area contributed by atoms with Gasteiger partial charge in [-0.05, 0) is 39.5 Å². The molecule has 2 fully saturated rings. The normalized spacial score (nSPS) is 37.8. The summed E-state index contributed by atoms with van der Waals surface area (Å²) in [7, 11) is 3.50. The van der Waals surface area contributed by atoms with E-state index >= 15 is 0 Å². The Balaban J connectivity index is 2.03. The van der Waals surface area contributed by atoms with E-state index in [1.807, 2.05) is 0 Å². The molecule has 0 radical (unpaired) electrons. The molecular weight excluding hydrogens is 266 g/mol. The van der Waals surface area contributed by atoms with Crippen molar-refractivity contribution in [1.29, 1.82) is 5.26 Å². The molecule has 1 heterocycles. The van der Waals surface area contributed by atoms with Crippen LogP contribution in [-0.2, 0) is 9.47 Å². The highest BCUT2D eigenvalue weighted by molar-refractivity contribution is 5.12. The smallest absolute Gasteiger partial charge is 0.108 e. The van der Waals surface area contributed by atoms with Crippen LogP contribution in [0.3, 0.4) is 0 Å². The van der Waals surface area contributed by atoms with E-state index < -0.39 is 0 Å². The number of hydrogen-bond donors (Lipinski definition) is 1. The maximum Gasteiger partial charge on any atom is 0.108 e. The third kappa shape index (κ3) is 3.75. The Morgan fingerprint density at radius 2 is 1.86 bits per heavy atom. The van der Waals surface area contributed by atoms with Gasteiger partial charge in [-0.1, -0.05) is 0 Å². The topological polar surface area (TPSA) is 57.5 Å². The summed E-state index contributed by atoms with van der Waals surface area (Å²) in [5.74, 6) is 0. The van der Waals surface area contributed by atoms with Gasteiger partial charge in [-0.2, -0.15) is 5.26 Å². The van der Waals surface area contributed by atoms with Crippen molar-refractivity contribution in [3.05, 3.63) is 0 Å². The fourth-order valence-corrected chi connectivity index (χ4v) is 3.90. The molecule has 1 aliphatic heterocycles. The first kappa shape index (κ1) is 16.7. The minimum absolute atomic E-state index is 0.145. The molecule has 0 aromatic carbocycles. The average molecular weight is 295 g/mol. The quantitative estimate of drug-likeness (QED) is 0.833. The standard InChI is InChI=1S/C16H29N3O2/c1-12(2)18-16(11-17)7-5-6-13(8-16)19-9-14(20-3)15(10-19)21-4/h12-15,18H,5-10H2,1-4H3. The molecule has 5 heteroatoms. The lowest BCUT2D eigenvalue weighted by Crippen LogP contribution is -2.54. The summed E-state index contributed by atoms with van der Waals surface area (Å²) in [4.78, 5) is 2.45. The molecular formula is C16H29N3O2. The summed E-state index contributed by atoms with van der Waals surface area (Å²) < 4.78 is 11.1. The molecule has 1 N–H and O–H groups in total. The predicted octanol–water partition coefficient (Wildman–Crippen LogP) is 1.53. The van der Waals surface area contributed by atoms with E-state index in [9.17, 15) is 5.26 Å². The Labute approximate surface area is 128 Å². The van der Waals surface area contributed by atoms with Gasteiger partial charge in [0.25, 0.3) is 0 Å². The molecule has 0 spiro atoms. The van der Waals surface area contributed by atoms with Gasteiger partial charge in [0, 0.05) is 39.4 Å². The Hall–Kier alpha value is -0.670. The zero-order chi connectivity index (χ0) is 15.5. The minimum atomic E-state index is -0.370. The van der Waals surface area contributed by atoms with Crippen LogP contribution in [0.1, 0.15) is 39.5 Å². The Morgan fingerprint density at radius 1 is 1.24 bits per heavy atom. The van der Waals surface area contributed by atoms with Gasteiger partial charge in [0.15, 0.2) is 0 Å². The molecule has 4 unspecified atom stereocenters. The second-order valence-electron chi connectivity index (χ2n) is 6.75. The number of rotatable bonds is 5. The van der Waals surface area contributed by atoms with Crippen LogP contribution >= 0.6 is 0 Å². The van der Waals surface area contributed by atoms with Gasteiger partial charge in [0.2, 0.25) is 0 Å². The highest BCUT2D eigenvalue weighted by atomic mass is 16.5. The molecule has 1 aliphatic carbocycles. The van der Waals surface area contributed by atoms with Crippen LogP contribution in [0.5, 0.6) is 0 Å². The van der Waals surface area contributed by atoms with Crippen molar-refractivity contribution in [1.82, 2.24) is 10.2 Å². The Morgan fingerprint density at radius 3 is 2.33 bits per heavy atom. The second kappa shape index (κ2) is 7.06. The third-order valence-corrected chi connectivity index (χ3v) is 4.87. The first-order chi connectivity index (χ1) is 10.0. The zero-order valence-electron chi connectivity index (χ0n) is 13.8. The zero-order valence-corrected chi connectivity index (χ0v) is 13.8. The molecule has 1 saturated heterocycles. The lowest BCUT2D eigenvalue weighted by Gasteiger charge is -2.41. The van der Waals surface area contributed by atoms with Crippen LogP contribution in [0.4, 0.5) is 0 Å². The largest absolute Gasteiger partial charge is 0.377 e. The second-order valence-corrected chi connectivity index (χ2v) is 6.75. The first-order valence-corrected chi connectivity index (χ1v) is 8.02. The van der Waals surface area contributed by atoms with Crippen LogP contribution in [0.25, 0.3) is 0 Å². The molecule has 0 aromatic heterocycles. The molecule has 21 heavy (non-hydrogen) atoms. The van der Waals surface area contributed by atoms with Gasteiger partial charge in [-0.15, -0.1) is 0 Å². The summed E-state index contributed by atoms with van der Waals surface area (Å²) in [5.41, 5.74) is -0.370. The van der Waals surface area contributed by atoms with Gasteiger partial charge >= 0.3 is 0 Å². The number of nitrogens with zero attached hydrogens (tertiary/aromatic N) is 2. The predicted molar refractivity (Wildman–Crippen MR) is 82.0 cm³/mol. The highest BCUT2D eigenvalue weighted by Gasteiger charge is 2.43. The van der Waals surface area contributed by atoms with E-state index in [0.29, 0.717) is 12.1 Å². The van der Waals surface area contributed by atoms with Gasteiger partial charge in [-0.3, -0.25) is 10.2 Å². The van der Waals surface area contributed by atoms with Gasteiger partial charge in [-0.25, -0.2) is 0 Å². The van der Waals surface area contributed by atoms with Gasteiger partial charge in [0.05, 0.1) is 18.3 Å². The van der Waals surface area contributed by atoms with Gasteiger partial charge < -0.3 is 9.47 Å². The fourth-order valence-electron chi connectivity index (χ4n) is 3.90. The molecule has 2 rings (SSSR count). The number of nitrogens with one attached hydrogen (secondary N) is 1. The maximum atomic E-state index is 9.67. The number of nitriles is 1. The van der Waals surface area contributed by atoms with Crippen molar-refractivity contribution in [3.63, 3.8) is 0 Å². The lowest BCUT2D eigenvalue weighted by molar-refractivity contribution is -0.00461. The van der Waals surface area contributed by atoms with E-state index in [0.717, 1.165) is 38.8 Å².